The molecule has 0 radical (unpaired) electrons. The lowest BCUT2D eigenvalue weighted by Gasteiger charge is -2.34. The first-order valence-corrected chi connectivity index (χ1v) is 12.0. The highest BCUT2D eigenvalue weighted by Gasteiger charge is 2.28. The molecule has 6 heteroatoms. The molecule has 1 amide bonds. The number of fused-ring (bicyclic) bond motifs is 1. The Labute approximate surface area is 178 Å². The van der Waals surface area contributed by atoms with E-state index in [1.807, 2.05) is 0 Å². The molecule has 1 aromatic carbocycles. The molecule has 0 aliphatic carbocycles. The van der Waals surface area contributed by atoms with E-state index in [9.17, 15) is 4.79 Å². The summed E-state index contributed by atoms with van der Waals surface area (Å²) in [5.41, 5.74) is 3.63. The summed E-state index contributed by atoms with van der Waals surface area (Å²) in [5.74, 6) is 0.282. The van der Waals surface area contributed by atoms with Gasteiger partial charge >= 0.3 is 0 Å². The second-order valence-electron chi connectivity index (χ2n) is 8.88. The third-order valence-corrected chi connectivity index (χ3v) is 7.58. The number of thiazole rings is 1. The van der Waals surface area contributed by atoms with Gasteiger partial charge in [0.25, 0.3) is 0 Å². The topological polar surface area (TPSA) is 48.5 Å². The maximum atomic E-state index is 12.8. The van der Waals surface area contributed by atoms with Crippen LogP contribution in [0.4, 0.5) is 5.13 Å². The number of nitrogens with one attached hydrogen (secondary N) is 1. The monoisotopic (exact) mass is 414 g/mol. The van der Waals surface area contributed by atoms with Gasteiger partial charge in [-0.2, -0.15) is 0 Å². The first-order chi connectivity index (χ1) is 14.0. The number of hydrogen-bond acceptors (Lipinski definition) is 5. The van der Waals surface area contributed by atoms with E-state index in [1.54, 1.807) is 11.3 Å². The summed E-state index contributed by atoms with van der Waals surface area (Å²) in [5, 5.41) is 4.27. The molecule has 3 heterocycles. The quantitative estimate of drug-likeness (QED) is 0.800. The number of amides is 1. The first kappa shape index (κ1) is 20.6. The Morgan fingerprint density at radius 1 is 1.21 bits per heavy atom. The van der Waals surface area contributed by atoms with Gasteiger partial charge in [0.05, 0.1) is 16.1 Å². The van der Waals surface area contributed by atoms with Gasteiger partial charge in [0.2, 0.25) is 5.91 Å². The average molecular weight is 415 g/mol. The van der Waals surface area contributed by atoms with Crippen molar-refractivity contribution < 1.29 is 4.79 Å². The highest BCUT2D eigenvalue weighted by Crippen LogP contribution is 2.33. The Morgan fingerprint density at radius 2 is 2.07 bits per heavy atom. The summed E-state index contributed by atoms with van der Waals surface area (Å²) < 4.78 is 1.25. The molecule has 2 aromatic rings. The molecule has 0 unspecified atom stereocenters. The number of hydrogen-bond donors (Lipinski definition) is 1. The summed E-state index contributed by atoms with van der Waals surface area (Å²) >= 11 is 1.76. The Balaban J connectivity index is 1.34. The van der Waals surface area contributed by atoms with Crippen molar-refractivity contribution in [1.29, 1.82) is 0 Å². The summed E-state index contributed by atoms with van der Waals surface area (Å²) in [4.78, 5) is 22.5. The highest BCUT2D eigenvalue weighted by atomic mass is 32.1. The van der Waals surface area contributed by atoms with E-state index in [1.165, 1.54) is 41.6 Å². The number of rotatable bonds is 5. The number of carbonyl (C=O) groups excluding carboxylic acids is 1. The van der Waals surface area contributed by atoms with Crippen molar-refractivity contribution >= 4 is 32.6 Å². The summed E-state index contributed by atoms with van der Waals surface area (Å²) in [6, 6.07) is 5.07. The molecule has 2 aliphatic rings. The van der Waals surface area contributed by atoms with Crippen LogP contribution < -0.4 is 10.2 Å². The largest absolute Gasteiger partial charge is 0.355 e. The zero-order valence-electron chi connectivity index (χ0n) is 18.0. The molecule has 1 N–H and O–H groups in total. The molecule has 5 nitrogen and oxygen atoms in total. The highest BCUT2D eigenvalue weighted by molar-refractivity contribution is 7.22. The Hall–Kier alpha value is -1.66. The van der Waals surface area contributed by atoms with Gasteiger partial charge in [0.1, 0.15) is 0 Å². The Bertz CT molecular complexity index is 864. The van der Waals surface area contributed by atoms with Crippen LogP contribution in [-0.2, 0) is 4.79 Å². The second kappa shape index (κ2) is 9.00. The minimum Gasteiger partial charge on any atom is -0.355 e. The zero-order valence-corrected chi connectivity index (χ0v) is 18.9. The molecule has 29 heavy (non-hydrogen) atoms. The standard InChI is InChI=1S/C23H34N4OS/c1-16-13-17(2)21-20(14-16)29-23(25-21)27-11-6-8-19(15-27)22(28)24-9-12-26-10-5-4-7-18(26)3/h13-14,18-19H,4-12,15H2,1-3H3,(H,24,28)/t18-,19+/m0/s1. The molecular weight excluding hydrogens is 380 g/mol. The molecule has 2 atom stereocenters. The van der Waals surface area contributed by atoms with Crippen LogP contribution in [0, 0.1) is 19.8 Å². The van der Waals surface area contributed by atoms with Crippen LogP contribution in [0.2, 0.25) is 0 Å². The number of nitrogens with zero attached hydrogens (tertiary/aromatic N) is 3. The first-order valence-electron chi connectivity index (χ1n) is 11.2. The van der Waals surface area contributed by atoms with E-state index >= 15 is 0 Å². The van der Waals surface area contributed by atoms with E-state index in [-0.39, 0.29) is 11.8 Å². The van der Waals surface area contributed by atoms with Crippen LogP contribution >= 0.6 is 11.3 Å². The van der Waals surface area contributed by atoms with E-state index < -0.39 is 0 Å². The normalized spacial score (nSPS) is 23.5. The summed E-state index contributed by atoms with van der Waals surface area (Å²) in [6.45, 7) is 11.3. The predicted molar refractivity (Wildman–Crippen MR) is 122 cm³/mol. The molecule has 0 bridgehead atoms. The van der Waals surface area contributed by atoms with Crippen LogP contribution in [0.1, 0.15) is 50.2 Å². The van der Waals surface area contributed by atoms with E-state index in [4.69, 9.17) is 4.98 Å². The fraction of sp³-hybridized carbons (Fsp3) is 0.652. The van der Waals surface area contributed by atoms with Crippen molar-refractivity contribution in [3.8, 4) is 0 Å². The number of anilines is 1. The molecule has 0 spiro atoms. The number of aryl methyl sites for hydroxylation is 2. The zero-order chi connectivity index (χ0) is 20.4. The molecule has 2 saturated heterocycles. The number of carbonyl (C=O) groups is 1. The Kier molecular flexibility index (Phi) is 6.40. The van der Waals surface area contributed by atoms with Gasteiger partial charge in [0.15, 0.2) is 5.13 Å². The maximum absolute atomic E-state index is 12.8. The van der Waals surface area contributed by atoms with E-state index in [0.29, 0.717) is 6.04 Å². The fourth-order valence-electron chi connectivity index (χ4n) is 4.82. The van der Waals surface area contributed by atoms with Crippen LogP contribution in [0.15, 0.2) is 12.1 Å². The van der Waals surface area contributed by atoms with Gasteiger partial charge in [-0.05, 0) is 70.2 Å². The molecule has 2 aliphatic heterocycles. The molecule has 0 saturated carbocycles. The predicted octanol–water partition coefficient (Wildman–Crippen LogP) is 4.12. The third kappa shape index (κ3) is 4.75. The minimum atomic E-state index is 0.0670. The second-order valence-corrected chi connectivity index (χ2v) is 9.89. The van der Waals surface area contributed by atoms with Gasteiger partial charge < -0.3 is 10.2 Å². The van der Waals surface area contributed by atoms with Crippen molar-refractivity contribution in [2.75, 3.05) is 37.6 Å². The fourth-order valence-corrected chi connectivity index (χ4v) is 5.99. The number of aromatic nitrogens is 1. The van der Waals surface area contributed by atoms with Crippen molar-refractivity contribution in [3.63, 3.8) is 0 Å². The van der Waals surface area contributed by atoms with Crippen molar-refractivity contribution in [3.05, 3.63) is 23.3 Å². The SMILES string of the molecule is Cc1cc(C)c2nc(N3CCC[C@@H](C(=O)NCCN4CCCC[C@@H]4C)C3)sc2c1. The molecule has 4 rings (SSSR count). The van der Waals surface area contributed by atoms with Gasteiger partial charge in [0, 0.05) is 32.2 Å². The maximum Gasteiger partial charge on any atom is 0.224 e. The van der Waals surface area contributed by atoms with Crippen molar-refractivity contribution in [2.24, 2.45) is 5.92 Å². The molecule has 1 aromatic heterocycles. The molecular formula is C23H34N4OS. The van der Waals surface area contributed by atoms with Gasteiger partial charge in [-0.3, -0.25) is 9.69 Å². The Morgan fingerprint density at radius 3 is 2.90 bits per heavy atom. The van der Waals surface area contributed by atoms with E-state index in [2.05, 4.69) is 48.0 Å². The average Bonchev–Trinajstić information content (AvgIpc) is 3.14. The smallest absolute Gasteiger partial charge is 0.224 e. The minimum absolute atomic E-state index is 0.0670. The summed E-state index contributed by atoms with van der Waals surface area (Å²) in [7, 11) is 0. The number of benzene rings is 1. The summed E-state index contributed by atoms with van der Waals surface area (Å²) in [6.07, 6.45) is 5.94. The lowest BCUT2D eigenvalue weighted by Crippen LogP contribution is -2.46. The van der Waals surface area contributed by atoms with Crippen molar-refractivity contribution in [1.82, 2.24) is 15.2 Å². The number of likely N-dealkylation sites (tertiary alicyclic amines) is 1. The number of piperidine rings is 2. The van der Waals surface area contributed by atoms with Gasteiger partial charge in [-0.15, -0.1) is 0 Å². The molecule has 158 valence electrons. The molecule has 2 fully saturated rings. The van der Waals surface area contributed by atoms with Gasteiger partial charge in [-0.1, -0.05) is 23.8 Å². The van der Waals surface area contributed by atoms with Crippen LogP contribution in [0.3, 0.4) is 0 Å². The van der Waals surface area contributed by atoms with Crippen molar-refractivity contribution in [2.45, 2.75) is 58.9 Å². The van der Waals surface area contributed by atoms with Crippen LogP contribution in [-0.4, -0.2) is 54.6 Å². The third-order valence-electron chi connectivity index (χ3n) is 6.52. The lowest BCUT2D eigenvalue weighted by atomic mass is 9.97. The lowest BCUT2D eigenvalue weighted by molar-refractivity contribution is -0.125. The van der Waals surface area contributed by atoms with Gasteiger partial charge in [-0.25, -0.2) is 4.98 Å². The van der Waals surface area contributed by atoms with Crippen LogP contribution in [0.25, 0.3) is 10.2 Å². The van der Waals surface area contributed by atoms with Crippen LogP contribution in [0.5, 0.6) is 0 Å². The van der Waals surface area contributed by atoms with E-state index in [0.717, 1.165) is 49.7 Å².